The van der Waals surface area contributed by atoms with Gasteiger partial charge in [0, 0.05) is 0 Å². The number of hydrogen-bond acceptors (Lipinski definition) is 1. The van der Waals surface area contributed by atoms with Crippen LogP contribution in [-0.4, -0.2) is 25.7 Å². The molecule has 0 aliphatic carbocycles. The normalized spacial score (nSPS) is 11.6. The molecule has 0 bridgehead atoms. The van der Waals surface area contributed by atoms with E-state index in [1.165, 1.54) is 20.0 Å². The van der Waals surface area contributed by atoms with Crippen LogP contribution in [-0.2, 0) is 0 Å². The molecular weight excluding hydrogens is 347 g/mol. The van der Waals surface area contributed by atoms with Crippen LogP contribution in [0.3, 0.4) is 0 Å². The average molecular weight is 365 g/mol. The minimum atomic E-state index is -0.554. The van der Waals surface area contributed by atoms with E-state index in [1.54, 1.807) is 0 Å². The predicted molar refractivity (Wildman–Crippen MR) is 97.4 cm³/mol. The molecule has 0 saturated heterocycles. The zero-order valence-electron chi connectivity index (χ0n) is 13.0. The van der Waals surface area contributed by atoms with E-state index in [9.17, 15) is 5.11 Å². The zero-order valence-corrected chi connectivity index (χ0v) is 14.7. The molecule has 0 spiro atoms. The van der Waals surface area contributed by atoms with Crippen LogP contribution in [0.25, 0.3) is 20.0 Å². The Morgan fingerprint density at radius 3 is 2.17 bits per heavy atom. The van der Waals surface area contributed by atoms with Gasteiger partial charge < -0.3 is 0 Å². The molecular formula is C21H18OSe. The maximum atomic E-state index is 9.75. The van der Waals surface area contributed by atoms with Gasteiger partial charge in [0.15, 0.2) is 0 Å². The summed E-state index contributed by atoms with van der Waals surface area (Å²) >= 11 is 0.226. The fourth-order valence-electron chi connectivity index (χ4n) is 2.30. The molecule has 1 N–H and O–H groups in total. The minimum absolute atomic E-state index is 0.226. The SMILES string of the molecule is CCC(O)C#Cc1cc(-c2ccccc2)[se]c1-c1ccccc1. The van der Waals surface area contributed by atoms with Crippen molar-refractivity contribution < 1.29 is 5.11 Å². The van der Waals surface area contributed by atoms with E-state index >= 15 is 0 Å². The van der Waals surface area contributed by atoms with Crippen LogP contribution in [0.15, 0.2) is 66.7 Å². The predicted octanol–water partition coefficient (Wildman–Crippen LogP) is 4.20. The Bertz CT molecular complexity index is 823. The van der Waals surface area contributed by atoms with E-state index in [-0.39, 0.29) is 14.5 Å². The number of hydrogen-bond donors (Lipinski definition) is 1. The molecule has 1 aromatic heterocycles. The van der Waals surface area contributed by atoms with Crippen LogP contribution in [0.2, 0.25) is 0 Å². The quantitative estimate of drug-likeness (QED) is 0.545. The Kier molecular flexibility index (Phi) is 5.16. The first kappa shape index (κ1) is 15.8. The monoisotopic (exact) mass is 366 g/mol. The molecule has 0 aliphatic rings. The molecule has 0 amide bonds. The standard InChI is InChI=1S/C21H18OSe/c1-2-19(22)14-13-18-15-20(16-9-5-3-6-10-16)23-21(18)17-11-7-4-8-12-17/h3-12,15,19,22H,2H2,1H3. The summed E-state index contributed by atoms with van der Waals surface area (Å²) in [5.41, 5.74) is 3.53. The van der Waals surface area contributed by atoms with Crippen molar-refractivity contribution in [2.75, 3.05) is 0 Å². The van der Waals surface area contributed by atoms with Gasteiger partial charge in [-0.15, -0.1) is 0 Å². The summed E-state index contributed by atoms with van der Waals surface area (Å²) in [4.78, 5) is 0. The molecule has 1 atom stereocenters. The van der Waals surface area contributed by atoms with E-state index in [0.717, 1.165) is 5.56 Å². The number of aliphatic hydroxyl groups is 1. The summed E-state index contributed by atoms with van der Waals surface area (Å²) in [6, 6.07) is 23.1. The van der Waals surface area contributed by atoms with Crippen molar-refractivity contribution in [2.24, 2.45) is 0 Å². The Hall–Kier alpha value is -2.04. The molecule has 0 radical (unpaired) electrons. The van der Waals surface area contributed by atoms with E-state index < -0.39 is 6.10 Å². The number of aliphatic hydroxyl groups excluding tert-OH is 1. The molecule has 1 heterocycles. The molecule has 23 heavy (non-hydrogen) atoms. The van der Waals surface area contributed by atoms with Gasteiger partial charge in [0.25, 0.3) is 0 Å². The first-order valence-corrected chi connectivity index (χ1v) is 9.43. The Labute approximate surface area is 143 Å². The zero-order chi connectivity index (χ0) is 16.1. The van der Waals surface area contributed by atoms with Crippen molar-refractivity contribution >= 4 is 14.5 Å². The fraction of sp³-hybridized carbons (Fsp3) is 0.143. The molecule has 0 aliphatic heterocycles. The van der Waals surface area contributed by atoms with Gasteiger partial charge in [-0.25, -0.2) is 0 Å². The second kappa shape index (κ2) is 7.49. The third kappa shape index (κ3) is 3.84. The van der Waals surface area contributed by atoms with Gasteiger partial charge in [-0.3, -0.25) is 0 Å². The third-order valence-electron chi connectivity index (χ3n) is 3.59. The van der Waals surface area contributed by atoms with E-state index in [4.69, 9.17) is 0 Å². The van der Waals surface area contributed by atoms with Gasteiger partial charge in [0.2, 0.25) is 0 Å². The Morgan fingerprint density at radius 2 is 1.57 bits per heavy atom. The van der Waals surface area contributed by atoms with Crippen LogP contribution in [0, 0.1) is 11.8 Å². The summed E-state index contributed by atoms with van der Waals surface area (Å²) in [5, 5.41) is 9.75. The summed E-state index contributed by atoms with van der Waals surface area (Å²) < 4.78 is 2.64. The van der Waals surface area contributed by atoms with Crippen molar-refractivity contribution in [3.05, 3.63) is 72.3 Å². The van der Waals surface area contributed by atoms with Crippen molar-refractivity contribution in [1.29, 1.82) is 0 Å². The molecule has 3 rings (SSSR count). The van der Waals surface area contributed by atoms with E-state index in [0.29, 0.717) is 6.42 Å². The molecule has 3 aromatic rings. The van der Waals surface area contributed by atoms with Gasteiger partial charge >= 0.3 is 143 Å². The summed E-state index contributed by atoms with van der Waals surface area (Å²) in [6.45, 7) is 1.94. The van der Waals surface area contributed by atoms with Crippen molar-refractivity contribution in [2.45, 2.75) is 19.4 Å². The molecule has 114 valence electrons. The van der Waals surface area contributed by atoms with E-state index in [1.807, 2.05) is 19.1 Å². The Balaban J connectivity index is 2.08. The second-order valence-electron chi connectivity index (χ2n) is 5.28. The summed E-state index contributed by atoms with van der Waals surface area (Å²) in [5.74, 6) is 6.16. The van der Waals surface area contributed by atoms with Crippen LogP contribution < -0.4 is 0 Å². The van der Waals surface area contributed by atoms with Gasteiger partial charge in [0.1, 0.15) is 0 Å². The average Bonchev–Trinajstić information content (AvgIpc) is 3.05. The van der Waals surface area contributed by atoms with E-state index in [2.05, 4.69) is 66.4 Å². The second-order valence-corrected chi connectivity index (χ2v) is 7.49. The fourth-order valence-corrected chi connectivity index (χ4v) is 4.65. The molecule has 0 fully saturated rings. The van der Waals surface area contributed by atoms with Gasteiger partial charge in [0.05, 0.1) is 0 Å². The van der Waals surface area contributed by atoms with Crippen LogP contribution in [0.4, 0.5) is 0 Å². The number of benzene rings is 2. The van der Waals surface area contributed by atoms with Crippen molar-refractivity contribution in [3.8, 4) is 31.8 Å². The molecule has 2 heteroatoms. The molecule has 0 saturated carbocycles. The topological polar surface area (TPSA) is 20.2 Å². The van der Waals surface area contributed by atoms with Crippen molar-refractivity contribution in [3.63, 3.8) is 0 Å². The van der Waals surface area contributed by atoms with Gasteiger partial charge in [-0.2, -0.15) is 0 Å². The summed E-state index contributed by atoms with van der Waals surface area (Å²) in [6.07, 6.45) is 0.0997. The molecule has 2 aromatic carbocycles. The van der Waals surface area contributed by atoms with Crippen molar-refractivity contribution in [1.82, 2.24) is 0 Å². The van der Waals surface area contributed by atoms with Crippen LogP contribution >= 0.6 is 0 Å². The maximum absolute atomic E-state index is 9.75. The third-order valence-corrected chi connectivity index (χ3v) is 6.17. The molecule has 1 unspecified atom stereocenters. The van der Waals surface area contributed by atoms with Crippen LogP contribution in [0.1, 0.15) is 18.9 Å². The first-order valence-electron chi connectivity index (χ1n) is 7.72. The summed E-state index contributed by atoms with van der Waals surface area (Å²) in [7, 11) is 0. The van der Waals surface area contributed by atoms with Crippen LogP contribution in [0.5, 0.6) is 0 Å². The first-order chi connectivity index (χ1) is 11.3. The van der Waals surface area contributed by atoms with Gasteiger partial charge in [-0.1, -0.05) is 0 Å². The van der Waals surface area contributed by atoms with Gasteiger partial charge in [-0.05, 0) is 0 Å². The number of rotatable bonds is 3. The molecule has 1 nitrogen and oxygen atoms in total. The Morgan fingerprint density at radius 1 is 0.957 bits per heavy atom.